The van der Waals surface area contributed by atoms with Crippen LogP contribution in [0.1, 0.15) is 44.9 Å². The zero-order valence-electron chi connectivity index (χ0n) is 10.7. The van der Waals surface area contributed by atoms with Crippen LogP contribution >= 0.6 is 0 Å². The molecule has 2 N–H and O–H groups in total. The molecule has 0 spiro atoms. The van der Waals surface area contributed by atoms with Gasteiger partial charge in [0.2, 0.25) is 5.91 Å². The molecule has 1 amide bonds. The van der Waals surface area contributed by atoms with Crippen molar-refractivity contribution >= 4 is 5.91 Å². The summed E-state index contributed by atoms with van der Waals surface area (Å²) >= 11 is 0. The summed E-state index contributed by atoms with van der Waals surface area (Å²) in [6.45, 7) is 2.60. The van der Waals surface area contributed by atoms with Gasteiger partial charge in [-0.3, -0.25) is 4.79 Å². The van der Waals surface area contributed by atoms with E-state index in [2.05, 4.69) is 5.92 Å². The van der Waals surface area contributed by atoms with E-state index in [1.807, 2.05) is 4.90 Å². The fourth-order valence-corrected chi connectivity index (χ4v) is 2.37. The van der Waals surface area contributed by atoms with E-state index in [1.54, 1.807) is 0 Å². The molecule has 3 heteroatoms. The number of amides is 1. The second-order valence-electron chi connectivity index (χ2n) is 4.81. The highest BCUT2D eigenvalue weighted by Gasteiger charge is 2.21. The highest BCUT2D eigenvalue weighted by Crippen LogP contribution is 2.20. The van der Waals surface area contributed by atoms with Gasteiger partial charge in [0.1, 0.15) is 0 Å². The molecule has 0 aliphatic carbocycles. The van der Waals surface area contributed by atoms with Crippen LogP contribution in [0.4, 0.5) is 0 Å². The number of nitrogens with zero attached hydrogens (tertiary/aromatic N) is 1. The standard InChI is InChI=1S/C14H24N2O/c1-2-3-4-5-6-14(17)16-11-8-13(7-10-15)9-12-16/h1,13H,3-12,15H2. The van der Waals surface area contributed by atoms with Gasteiger partial charge in [-0.25, -0.2) is 0 Å². The summed E-state index contributed by atoms with van der Waals surface area (Å²) in [5, 5.41) is 0. The first-order chi connectivity index (χ1) is 8.27. The highest BCUT2D eigenvalue weighted by molar-refractivity contribution is 5.76. The summed E-state index contributed by atoms with van der Waals surface area (Å²) < 4.78 is 0. The van der Waals surface area contributed by atoms with Gasteiger partial charge in [0.15, 0.2) is 0 Å². The minimum Gasteiger partial charge on any atom is -0.343 e. The van der Waals surface area contributed by atoms with Gasteiger partial charge in [-0.05, 0) is 44.6 Å². The summed E-state index contributed by atoms with van der Waals surface area (Å²) in [4.78, 5) is 13.9. The summed E-state index contributed by atoms with van der Waals surface area (Å²) in [5.41, 5.74) is 5.55. The minimum absolute atomic E-state index is 0.299. The van der Waals surface area contributed by atoms with Gasteiger partial charge in [-0.15, -0.1) is 12.3 Å². The van der Waals surface area contributed by atoms with Crippen LogP contribution in [0.15, 0.2) is 0 Å². The quantitative estimate of drug-likeness (QED) is 0.564. The average molecular weight is 236 g/mol. The van der Waals surface area contributed by atoms with Gasteiger partial charge in [-0.1, -0.05) is 0 Å². The molecule has 0 aromatic carbocycles. The van der Waals surface area contributed by atoms with Crippen molar-refractivity contribution in [1.82, 2.24) is 4.90 Å². The molecule has 1 heterocycles. The molecule has 1 aliphatic heterocycles. The molecule has 17 heavy (non-hydrogen) atoms. The van der Waals surface area contributed by atoms with Crippen molar-refractivity contribution in [3.8, 4) is 12.3 Å². The lowest BCUT2D eigenvalue weighted by molar-refractivity contribution is -0.132. The van der Waals surface area contributed by atoms with E-state index in [-0.39, 0.29) is 0 Å². The first-order valence-corrected chi connectivity index (χ1v) is 6.69. The minimum atomic E-state index is 0.299. The maximum absolute atomic E-state index is 11.9. The smallest absolute Gasteiger partial charge is 0.222 e. The van der Waals surface area contributed by atoms with E-state index in [4.69, 9.17) is 12.2 Å². The van der Waals surface area contributed by atoms with E-state index < -0.39 is 0 Å². The predicted molar refractivity (Wildman–Crippen MR) is 70.3 cm³/mol. The predicted octanol–water partition coefficient (Wildman–Crippen LogP) is 1.77. The molecule has 1 saturated heterocycles. The molecule has 0 radical (unpaired) electrons. The van der Waals surface area contributed by atoms with Crippen molar-refractivity contribution in [2.75, 3.05) is 19.6 Å². The van der Waals surface area contributed by atoms with Gasteiger partial charge < -0.3 is 10.6 Å². The molecule has 0 aromatic rings. The van der Waals surface area contributed by atoms with E-state index in [1.165, 1.54) is 0 Å². The first-order valence-electron chi connectivity index (χ1n) is 6.69. The Bertz CT molecular complexity index is 262. The van der Waals surface area contributed by atoms with Gasteiger partial charge in [0, 0.05) is 25.9 Å². The molecule has 0 unspecified atom stereocenters. The average Bonchev–Trinajstić information content (AvgIpc) is 2.36. The van der Waals surface area contributed by atoms with Crippen molar-refractivity contribution in [1.29, 1.82) is 0 Å². The van der Waals surface area contributed by atoms with Crippen molar-refractivity contribution in [2.24, 2.45) is 11.7 Å². The lowest BCUT2D eigenvalue weighted by Crippen LogP contribution is -2.38. The number of hydrogen-bond acceptors (Lipinski definition) is 2. The fourth-order valence-electron chi connectivity index (χ4n) is 2.37. The summed E-state index contributed by atoms with van der Waals surface area (Å²) in [5.74, 6) is 3.63. The Morgan fingerprint density at radius 1 is 1.35 bits per heavy atom. The lowest BCUT2D eigenvalue weighted by Gasteiger charge is -2.32. The molecule has 0 saturated carbocycles. The molecule has 0 bridgehead atoms. The second kappa shape index (κ2) is 8.14. The monoisotopic (exact) mass is 236 g/mol. The van der Waals surface area contributed by atoms with Crippen molar-refractivity contribution in [3.05, 3.63) is 0 Å². The van der Waals surface area contributed by atoms with E-state index in [0.717, 1.165) is 64.1 Å². The Labute approximate surface area is 105 Å². The van der Waals surface area contributed by atoms with Crippen LogP contribution in [0.25, 0.3) is 0 Å². The normalized spacial score (nSPS) is 16.8. The van der Waals surface area contributed by atoms with Crippen LogP contribution in [0, 0.1) is 18.3 Å². The topological polar surface area (TPSA) is 46.3 Å². The summed E-state index contributed by atoms with van der Waals surface area (Å²) in [6, 6.07) is 0. The van der Waals surface area contributed by atoms with Gasteiger partial charge in [-0.2, -0.15) is 0 Å². The molecule has 0 aromatic heterocycles. The Hall–Kier alpha value is -1.01. The van der Waals surface area contributed by atoms with E-state index in [9.17, 15) is 4.79 Å². The van der Waals surface area contributed by atoms with E-state index in [0.29, 0.717) is 12.3 Å². The third kappa shape index (κ3) is 5.23. The largest absolute Gasteiger partial charge is 0.343 e. The summed E-state index contributed by atoms with van der Waals surface area (Å²) in [6.07, 6.45) is 11.8. The Balaban J connectivity index is 2.15. The zero-order valence-corrected chi connectivity index (χ0v) is 10.7. The third-order valence-electron chi connectivity index (χ3n) is 3.50. The van der Waals surface area contributed by atoms with Crippen molar-refractivity contribution < 1.29 is 4.79 Å². The van der Waals surface area contributed by atoms with Crippen LogP contribution in [0.3, 0.4) is 0 Å². The lowest BCUT2D eigenvalue weighted by atomic mass is 9.93. The molecule has 1 rings (SSSR count). The van der Waals surface area contributed by atoms with Crippen molar-refractivity contribution in [2.45, 2.75) is 44.9 Å². The first kappa shape index (κ1) is 14.1. The number of hydrogen-bond donors (Lipinski definition) is 1. The number of carbonyl (C=O) groups is 1. The number of piperidine rings is 1. The number of terminal acetylenes is 1. The Kier molecular flexibility index (Phi) is 6.73. The highest BCUT2D eigenvalue weighted by atomic mass is 16.2. The number of carbonyl (C=O) groups excluding carboxylic acids is 1. The maximum atomic E-state index is 11.9. The van der Waals surface area contributed by atoms with Crippen LogP contribution in [-0.2, 0) is 4.79 Å². The van der Waals surface area contributed by atoms with Crippen LogP contribution in [-0.4, -0.2) is 30.4 Å². The SMILES string of the molecule is C#CCCCCC(=O)N1CCC(CCN)CC1. The van der Waals surface area contributed by atoms with E-state index >= 15 is 0 Å². The number of likely N-dealkylation sites (tertiary alicyclic amines) is 1. The van der Waals surface area contributed by atoms with Crippen LogP contribution < -0.4 is 5.73 Å². The molecule has 1 fully saturated rings. The summed E-state index contributed by atoms with van der Waals surface area (Å²) in [7, 11) is 0. The Morgan fingerprint density at radius 2 is 2.06 bits per heavy atom. The second-order valence-corrected chi connectivity index (χ2v) is 4.81. The van der Waals surface area contributed by atoms with Crippen molar-refractivity contribution in [3.63, 3.8) is 0 Å². The molecule has 0 atom stereocenters. The molecular formula is C14H24N2O. The van der Waals surface area contributed by atoms with Gasteiger partial charge in [0.05, 0.1) is 0 Å². The molecular weight excluding hydrogens is 212 g/mol. The number of nitrogens with two attached hydrogens (primary N) is 1. The zero-order chi connectivity index (χ0) is 12.5. The number of rotatable bonds is 6. The van der Waals surface area contributed by atoms with Crippen LogP contribution in [0.2, 0.25) is 0 Å². The Morgan fingerprint density at radius 3 is 2.65 bits per heavy atom. The molecule has 96 valence electrons. The van der Waals surface area contributed by atoms with Crippen LogP contribution in [0.5, 0.6) is 0 Å². The number of unbranched alkanes of at least 4 members (excludes halogenated alkanes) is 2. The third-order valence-corrected chi connectivity index (χ3v) is 3.50. The molecule has 3 nitrogen and oxygen atoms in total. The fraction of sp³-hybridized carbons (Fsp3) is 0.786. The van der Waals surface area contributed by atoms with Gasteiger partial charge >= 0.3 is 0 Å². The molecule has 1 aliphatic rings. The van der Waals surface area contributed by atoms with Gasteiger partial charge in [0.25, 0.3) is 0 Å². The maximum Gasteiger partial charge on any atom is 0.222 e.